The first-order valence-electron chi connectivity index (χ1n) is 16.2. The average molecular weight is 704 g/mol. The van der Waals surface area contributed by atoms with Crippen molar-refractivity contribution in [1.29, 1.82) is 0 Å². The zero-order valence-corrected chi connectivity index (χ0v) is 29.4. The van der Waals surface area contributed by atoms with Crippen molar-refractivity contribution in [2.24, 2.45) is 4.99 Å². The fraction of sp³-hybridized carbons (Fsp3) is 0.200. The van der Waals surface area contributed by atoms with E-state index in [0.29, 0.717) is 39.8 Å². The number of nitrogens with one attached hydrogen (secondary N) is 1. The van der Waals surface area contributed by atoms with Gasteiger partial charge in [-0.15, -0.1) is 0 Å². The van der Waals surface area contributed by atoms with E-state index in [1.54, 1.807) is 76.5 Å². The fourth-order valence-corrected chi connectivity index (χ4v) is 6.29. The Kier molecular flexibility index (Phi) is 9.92. The zero-order valence-electron chi connectivity index (χ0n) is 28.6. The molecule has 0 bridgehead atoms. The summed E-state index contributed by atoms with van der Waals surface area (Å²) in [6.07, 6.45) is 4.80. The van der Waals surface area contributed by atoms with Gasteiger partial charge in [-0.25, -0.2) is 4.79 Å². The van der Waals surface area contributed by atoms with Crippen LogP contribution in [0.2, 0.25) is 0 Å². The number of Topliss-reactive ketones (excluding diaryl/α,β-unsaturated/α-hetero) is 1. The van der Waals surface area contributed by atoms with Gasteiger partial charge in [-0.1, -0.05) is 65.9 Å². The quantitative estimate of drug-likeness (QED) is 0.142. The number of aromatic hydroxyl groups is 1. The minimum Gasteiger partial charge on any atom is -0.494 e. The van der Waals surface area contributed by atoms with E-state index in [4.69, 9.17) is 14.2 Å². The average Bonchev–Trinajstić information content (AvgIpc) is 3.73. The minimum absolute atomic E-state index is 0.136. The normalized spacial score (nSPS) is 15.1. The summed E-state index contributed by atoms with van der Waals surface area (Å²) in [5.74, 6) is 0.839. The summed E-state index contributed by atoms with van der Waals surface area (Å²) >= 11 is 0.953. The van der Waals surface area contributed by atoms with Crippen molar-refractivity contribution in [3.8, 4) is 34.3 Å². The van der Waals surface area contributed by atoms with Crippen LogP contribution in [-0.4, -0.2) is 47.4 Å². The summed E-state index contributed by atoms with van der Waals surface area (Å²) in [6, 6.07) is 29.8. The first-order chi connectivity index (χ1) is 24.4. The molecule has 2 N–H and O–H groups in total. The number of nitrogens with zero attached hydrogens (tertiary/aromatic N) is 2. The lowest BCUT2D eigenvalue weighted by Crippen LogP contribution is -2.36. The molecule has 0 saturated heterocycles. The van der Waals surface area contributed by atoms with E-state index in [1.807, 2.05) is 66.7 Å². The van der Waals surface area contributed by atoms with Crippen LogP contribution in [0.15, 0.2) is 119 Å². The summed E-state index contributed by atoms with van der Waals surface area (Å²) in [7, 11) is 1.61. The highest BCUT2D eigenvalue weighted by molar-refractivity contribution is 7.09. The van der Waals surface area contributed by atoms with Gasteiger partial charge in [-0.05, 0) is 86.0 Å². The zero-order chi connectivity index (χ0) is 36.2. The largest absolute Gasteiger partial charge is 0.494 e. The molecule has 1 unspecified atom stereocenters. The molecule has 51 heavy (non-hydrogen) atoms. The van der Waals surface area contributed by atoms with E-state index in [9.17, 15) is 19.5 Å². The van der Waals surface area contributed by atoms with Crippen LogP contribution >= 0.6 is 11.3 Å². The standard InChI is InChI=1S/C40H37N3O7S/c1-39(2,3)50-38(47)43(4)29-16-19-32(33(24-29)49-31-13-8-12-28(23-31)27-10-6-5-7-11-27)40(20-9-21-41-40)35(44)25-48-30-17-14-26(15-18-30)22-34-36(45)42-37(46)51-34/h5-21,23-24,45H,22,25H2,1-4H3,(H,42,46). The smallest absolute Gasteiger partial charge is 0.414 e. The van der Waals surface area contributed by atoms with Gasteiger partial charge in [0.2, 0.25) is 11.7 Å². The van der Waals surface area contributed by atoms with Crippen molar-refractivity contribution < 1.29 is 28.9 Å². The first kappa shape index (κ1) is 34.9. The third kappa shape index (κ3) is 8.11. The Morgan fingerprint density at radius 2 is 1.67 bits per heavy atom. The second-order valence-electron chi connectivity index (χ2n) is 12.9. The lowest BCUT2D eigenvalue weighted by Gasteiger charge is -2.28. The number of H-pyrrole nitrogens is 1. The lowest BCUT2D eigenvalue weighted by molar-refractivity contribution is -0.124. The van der Waals surface area contributed by atoms with Gasteiger partial charge in [0.25, 0.3) is 0 Å². The molecule has 1 aliphatic heterocycles. The molecule has 2 heterocycles. The van der Waals surface area contributed by atoms with E-state index in [0.717, 1.165) is 28.0 Å². The van der Waals surface area contributed by atoms with Gasteiger partial charge in [-0.3, -0.25) is 24.5 Å². The Hall–Kier alpha value is -5.94. The van der Waals surface area contributed by atoms with Gasteiger partial charge in [0.05, 0.1) is 10.6 Å². The molecule has 0 spiro atoms. The molecule has 0 saturated carbocycles. The monoisotopic (exact) mass is 703 g/mol. The highest BCUT2D eigenvalue weighted by Crippen LogP contribution is 2.42. The van der Waals surface area contributed by atoms with Crippen LogP contribution in [-0.2, 0) is 21.5 Å². The Bertz CT molecular complexity index is 2150. The van der Waals surface area contributed by atoms with Crippen molar-refractivity contribution in [2.45, 2.75) is 38.3 Å². The predicted molar refractivity (Wildman–Crippen MR) is 199 cm³/mol. The number of hydrogen-bond donors (Lipinski definition) is 2. The van der Waals surface area contributed by atoms with Gasteiger partial charge in [0.1, 0.15) is 29.5 Å². The molecule has 0 aliphatic carbocycles. The number of hydrogen-bond acceptors (Lipinski definition) is 9. The summed E-state index contributed by atoms with van der Waals surface area (Å²) in [4.78, 5) is 47.3. The van der Waals surface area contributed by atoms with Crippen LogP contribution < -0.4 is 19.2 Å². The molecule has 1 atom stereocenters. The molecule has 4 aromatic carbocycles. The second kappa shape index (κ2) is 14.5. The number of aliphatic imine (C=N–C) groups is 1. The Balaban J connectivity index is 1.29. The van der Waals surface area contributed by atoms with Gasteiger partial charge >= 0.3 is 11.0 Å². The maximum Gasteiger partial charge on any atom is 0.414 e. The Labute approximate surface area is 299 Å². The van der Waals surface area contributed by atoms with Crippen LogP contribution in [0.25, 0.3) is 11.1 Å². The lowest BCUT2D eigenvalue weighted by atomic mass is 9.86. The molecule has 0 radical (unpaired) electrons. The SMILES string of the molecule is CN(C(=O)OC(C)(C)C)c1ccc(C2(C(=O)COc3ccc(Cc4sc(=O)[nH]c4O)cc3)C=CC=N2)c(Oc2cccc(-c3ccccc3)c2)c1. The number of amides is 1. The fourth-order valence-electron chi connectivity index (χ4n) is 5.53. The van der Waals surface area contributed by atoms with Crippen LogP contribution in [0, 0.1) is 0 Å². The van der Waals surface area contributed by atoms with Crippen molar-refractivity contribution in [1.82, 2.24) is 4.98 Å². The number of allylic oxidation sites excluding steroid dienone is 1. The number of aromatic nitrogens is 1. The number of thiazole rings is 1. The second-order valence-corrected chi connectivity index (χ2v) is 14.0. The van der Waals surface area contributed by atoms with Crippen molar-refractivity contribution in [3.63, 3.8) is 0 Å². The van der Waals surface area contributed by atoms with Gasteiger partial charge < -0.3 is 19.3 Å². The summed E-state index contributed by atoms with van der Waals surface area (Å²) in [5.41, 5.74) is 1.62. The molecular formula is C40H37N3O7S. The topological polar surface area (TPSA) is 131 Å². The summed E-state index contributed by atoms with van der Waals surface area (Å²) in [6.45, 7) is 5.09. The molecule has 6 rings (SSSR count). The number of ketones is 1. The van der Waals surface area contributed by atoms with E-state index in [-0.39, 0.29) is 23.1 Å². The third-order valence-corrected chi connectivity index (χ3v) is 8.96. The van der Waals surface area contributed by atoms with Crippen LogP contribution in [0.5, 0.6) is 23.1 Å². The molecule has 1 amide bonds. The molecular weight excluding hydrogens is 667 g/mol. The number of ether oxygens (including phenoxy) is 3. The van der Waals surface area contributed by atoms with E-state index >= 15 is 0 Å². The van der Waals surface area contributed by atoms with E-state index in [2.05, 4.69) is 9.98 Å². The number of benzene rings is 4. The van der Waals surface area contributed by atoms with Gasteiger partial charge in [-0.2, -0.15) is 0 Å². The van der Waals surface area contributed by atoms with Crippen LogP contribution in [0.3, 0.4) is 0 Å². The van der Waals surface area contributed by atoms with Crippen molar-refractivity contribution >= 4 is 35.1 Å². The van der Waals surface area contributed by atoms with Gasteiger partial charge in [0.15, 0.2) is 5.54 Å². The minimum atomic E-state index is -1.46. The van der Waals surface area contributed by atoms with Gasteiger partial charge in [0, 0.05) is 31.3 Å². The Morgan fingerprint density at radius 1 is 0.922 bits per heavy atom. The third-order valence-electron chi connectivity index (χ3n) is 8.08. The molecule has 1 aromatic heterocycles. The number of carbonyl (C=O) groups is 2. The molecule has 10 nitrogen and oxygen atoms in total. The number of anilines is 1. The van der Waals surface area contributed by atoms with Crippen molar-refractivity contribution in [2.75, 3.05) is 18.6 Å². The summed E-state index contributed by atoms with van der Waals surface area (Å²) < 4.78 is 18.1. The molecule has 1 aliphatic rings. The maximum atomic E-state index is 14.1. The highest BCUT2D eigenvalue weighted by Gasteiger charge is 2.41. The van der Waals surface area contributed by atoms with Crippen LogP contribution in [0.4, 0.5) is 10.5 Å². The molecule has 0 fully saturated rings. The van der Waals surface area contributed by atoms with E-state index < -0.39 is 17.2 Å². The van der Waals surface area contributed by atoms with E-state index in [1.165, 1.54) is 4.90 Å². The number of carbonyl (C=O) groups excluding carboxylic acids is 2. The highest BCUT2D eigenvalue weighted by atomic mass is 32.1. The Morgan fingerprint density at radius 3 is 2.33 bits per heavy atom. The molecule has 260 valence electrons. The molecule has 11 heteroatoms. The number of rotatable bonds is 11. The predicted octanol–water partition coefficient (Wildman–Crippen LogP) is 8.05. The maximum absolute atomic E-state index is 14.1. The summed E-state index contributed by atoms with van der Waals surface area (Å²) in [5, 5.41) is 9.93. The van der Waals surface area contributed by atoms with Crippen molar-refractivity contribution in [3.05, 3.63) is 135 Å². The first-order valence-corrected chi connectivity index (χ1v) is 17.1. The van der Waals surface area contributed by atoms with Crippen LogP contribution in [0.1, 0.15) is 36.8 Å². The number of aromatic amines is 1. The molecule has 5 aromatic rings.